The van der Waals surface area contributed by atoms with Crippen molar-refractivity contribution in [3.8, 4) is 0 Å². The Labute approximate surface area is 92.4 Å². The lowest BCUT2D eigenvalue weighted by Gasteiger charge is -1.98. The normalized spacial score (nSPS) is 10.1. The molecule has 1 aromatic rings. The lowest BCUT2D eigenvalue weighted by Crippen LogP contribution is -2.21. The van der Waals surface area contributed by atoms with Gasteiger partial charge in [0.1, 0.15) is 6.54 Å². The Morgan fingerprint density at radius 2 is 2.31 bits per heavy atom. The maximum absolute atomic E-state index is 10.6. The van der Waals surface area contributed by atoms with Gasteiger partial charge >= 0.3 is 5.97 Å². The minimum absolute atomic E-state index is 0.0606. The van der Waals surface area contributed by atoms with Gasteiger partial charge in [-0.3, -0.25) is 9.59 Å². The quantitative estimate of drug-likeness (QED) is 0.633. The number of carbonyl (C=O) groups is 2. The van der Waals surface area contributed by atoms with E-state index < -0.39 is 5.97 Å². The summed E-state index contributed by atoms with van der Waals surface area (Å²) in [7, 11) is 0. The molecule has 1 amide bonds. The molecule has 0 atom stereocenters. The Morgan fingerprint density at radius 1 is 1.56 bits per heavy atom. The van der Waals surface area contributed by atoms with E-state index >= 15 is 0 Å². The number of nitrogens with one attached hydrogen (secondary N) is 1. The van der Waals surface area contributed by atoms with Crippen molar-refractivity contribution in [2.75, 3.05) is 6.54 Å². The Bertz CT molecular complexity index is 375. The molecule has 88 valence electrons. The summed E-state index contributed by atoms with van der Waals surface area (Å²) in [4.78, 5) is 20.9. The molecule has 1 rings (SSSR count). The zero-order chi connectivity index (χ0) is 12.0. The van der Waals surface area contributed by atoms with Gasteiger partial charge in [-0.05, 0) is 12.8 Å². The molecular weight excluding hydrogens is 212 g/mol. The highest BCUT2D eigenvalue weighted by Crippen LogP contribution is 1.97. The van der Waals surface area contributed by atoms with Crippen LogP contribution < -0.4 is 5.32 Å². The summed E-state index contributed by atoms with van der Waals surface area (Å²) in [6.45, 7) is 1.86. The third-order valence-corrected chi connectivity index (χ3v) is 1.87. The molecule has 0 radical (unpaired) electrons. The van der Waals surface area contributed by atoms with E-state index in [2.05, 4.69) is 15.6 Å². The Hall–Kier alpha value is -1.92. The van der Waals surface area contributed by atoms with E-state index in [0.29, 0.717) is 13.0 Å². The van der Waals surface area contributed by atoms with Crippen molar-refractivity contribution in [1.29, 1.82) is 0 Å². The van der Waals surface area contributed by atoms with Gasteiger partial charge in [0.2, 0.25) is 5.91 Å². The predicted molar refractivity (Wildman–Crippen MR) is 54.7 cm³/mol. The highest BCUT2D eigenvalue weighted by molar-refractivity contribution is 5.72. The number of rotatable bonds is 6. The Balaban J connectivity index is 2.29. The number of aliphatic carboxylic acids is 1. The third kappa shape index (κ3) is 4.54. The lowest BCUT2D eigenvalue weighted by atomic mass is 10.2. The smallest absolute Gasteiger partial charge is 0.325 e. The molecule has 0 spiro atoms. The minimum atomic E-state index is -0.949. The van der Waals surface area contributed by atoms with Crippen molar-refractivity contribution in [3.05, 3.63) is 11.9 Å². The molecule has 2 N–H and O–H groups in total. The average Bonchev–Trinajstić information content (AvgIpc) is 2.59. The number of hydrogen-bond donors (Lipinski definition) is 2. The number of carbonyl (C=O) groups excluding carboxylic acids is 1. The van der Waals surface area contributed by atoms with Crippen LogP contribution in [0.5, 0.6) is 0 Å². The summed E-state index contributed by atoms with van der Waals surface area (Å²) in [5, 5.41) is 18.7. The van der Waals surface area contributed by atoms with Crippen molar-refractivity contribution in [2.24, 2.45) is 0 Å². The van der Waals surface area contributed by atoms with Gasteiger partial charge in [0.25, 0.3) is 0 Å². The van der Waals surface area contributed by atoms with Crippen LogP contribution in [0, 0.1) is 0 Å². The van der Waals surface area contributed by atoms with Crippen LogP contribution in [0.1, 0.15) is 19.0 Å². The second-order valence-corrected chi connectivity index (χ2v) is 3.39. The first kappa shape index (κ1) is 12.2. The Kier molecular flexibility index (Phi) is 4.43. The van der Waals surface area contributed by atoms with Gasteiger partial charge in [0, 0.05) is 19.7 Å². The van der Waals surface area contributed by atoms with Gasteiger partial charge in [-0.15, -0.1) is 5.10 Å². The van der Waals surface area contributed by atoms with Gasteiger partial charge in [0.05, 0.1) is 5.69 Å². The standard InChI is InChI=1S/C9H14N4O3/c1-7(14)10-4-2-3-8-5-13(12-11-8)6-9(15)16/h5H,2-4,6H2,1H3,(H,10,14)(H,15,16). The number of amides is 1. The molecule has 0 bridgehead atoms. The largest absolute Gasteiger partial charge is 0.480 e. The molecule has 0 aliphatic rings. The van der Waals surface area contributed by atoms with E-state index in [1.165, 1.54) is 11.6 Å². The topological polar surface area (TPSA) is 97.1 Å². The van der Waals surface area contributed by atoms with Crippen LogP contribution in [0.15, 0.2) is 6.20 Å². The van der Waals surface area contributed by atoms with Crippen molar-refractivity contribution in [1.82, 2.24) is 20.3 Å². The molecule has 0 saturated carbocycles. The molecule has 0 saturated heterocycles. The van der Waals surface area contributed by atoms with Crippen LogP contribution >= 0.6 is 0 Å². The maximum Gasteiger partial charge on any atom is 0.325 e. The molecule has 0 aliphatic carbocycles. The van der Waals surface area contributed by atoms with Crippen LogP contribution in [0.4, 0.5) is 0 Å². The monoisotopic (exact) mass is 226 g/mol. The summed E-state index contributed by atoms with van der Waals surface area (Å²) >= 11 is 0. The molecule has 0 fully saturated rings. The minimum Gasteiger partial charge on any atom is -0.480 e. The predicted octanol–water partition coefficient (Wildman–Crippen LogP) is -0.569. The van der Waals surface area contributed by atoms with E-state index in [-0.39, 0.29) is 12.5 Å². The first-order valence-electron chi connectivity index (χ1n) is 4.93. The van der Waals surface area contributed by atoms with E-state index in [0.717, 1.165) is 12.1 Å². The molecule has 1 heterocycles. The van der Waals surface area contributed by atoms with Gasteiger partial charge in [-0.25, -0.2) is 4.68 Å². The molecule has 1 aromatic heterocycles. The summed E-state index contributed by atoms with van der Waals surface area (Å²) in [6, 6.07) is 0. The molecular formula is C9H14N4O3. The molecule has 0 unspecified atom stereocenters. The van der Waals surface area contributed by atoms with E-state index in [1.807, 2.05) is 0 Å². The zero-order valence-electron chi connectivity index (χ0n) is 9.01. The average molecular weight is 226 g/mol. The molecule has 0 aliphatic heterocycles. The van der Waals surface area contributed by atoms with Crippen LogP contribution in [0.2, 0.25) is 0 Å². The maximum atomic E-state index is 10.6. The van der Waals surface area contributed by atoms with Crippen molar-refractivity contribution in [2.45, 2.75) is 26.3 Å². The lowest BCUT2D eigenvalue weighted by molar-refractivity contribution is -0.137. The van der Waals surface area contributed by atoms with Crippen LogP contribution in [-0.4, -0.2) is 38.5 Å². The molecule has 7 nitrogen and oxygen atoms in total. The summed E-state index contributed by atoms with van der Waals surface area (Å²) in [5.41, 5.74) is 0.728. The van der Waals surface area contributed by atoms with Crippen molar-refractivity contribution < 1.29 is 14.7 Å². The van der Waals surface area contributed by atoms with Gasteiger partial charge < -0.3 is 10.4 Å². The molecule has 7 heteroatoms. The number of carboxylic acid groups (broad SMARTS) is 1. The van der Waals surface area contributed by atoms with Gasteiger partial charge in [0.15, 0.2) is 0 Å². The second kappa shape index (κ2) is 5.84. The van der Waals surface area contributed by atoms with Gasteiger partial charge in [-0.1, -0.05) is 5.21 Å². The fraction of sp³-hybridized carbons (Fsp3) is 0.556. The Morgan fingerprint density at radius 3 is 2.94 bits per heavy atom. The number of nitrogens with zero attached hydrogens (tertiary/aromatic N) is 3. The third-order valence-electron chi connectivity index (χ3n) is 1.87. The fourth-order valence-corrected chi connectivity index (χ4v) is 1.20. The van der Waals surface area contributed by atoms with Crippen LogP contribution in [0.25, 0.3) is 0 Å². The van der Waals surface area contributed by atoms with E-state index in [1.54, 1.807) is 6.20 Å². The van der Waals surface area contributed by atoms with E-state index in [9.17, 15) is 9.59 Å². The molecule has 16 heavy (non-hydrogen) atoms. The summed E-state index contributed by atoms with van der Waals surface area (Å²) in [6.07, 6.45) is 3.02. The van der Waals surface area contributed by atoms with Crippen molar-refractivity contribution in [3.63, 3.8) is 0 Å². The number of hydrogen-bond acceptors (Lipinski definition) is 4. The number of aromatic nitrogens is 3. The zero-order valence-corrected chi connectivity index (χ0v) is 9.01. The van der Waals surface area contributed by atoms with Crippen molar-refractivity contribution >= 4 is 11.9 Å². The van der Waals surface area contributed by atoms with Gasteiger partial charge in [-0.2, -0.15) is 0 Å². The summed E-state index contributed by atoms with van der Waals surface area (Å²) < 4.78 is 1.27. The first-order chi connectivity index (χ1) is 7.58. The van der Waals surface area contributed by atoms with Crippen LogP contribution in [-0.2, 0) is 22.6 Å². The first-order valence-corrected chi connectivity index (χ1v) is 4.93. The highest BCUT2D eigenvalue weighted by Gasteiger charge is 2.03. The fourth-order valence-electron chi connectivity index (χ4n) is 1.20. The summed E-state index contributed by atoms with van der Waals surface area (Å²) in [5.74, 6) is -1.01. The number of carboxylic acids is 1. The highest BCUT2D eigenvalue weighted by atomic mass is 16.4. The van der Waals surface area contributed by atoms with Crippen LogP contribution in [0.3, 0.4) is 0 Å². The van der Waals surface area contributed by atoms with E-state index in [4.69, 9.17) is 5.11 Å². The second-order valence-electron chi connectivity index (χ2n) is 3.39. The SMILES string of the molecule is CC(=O)NCCCc1cn(CC(=O)O)nn1. The number of aryl methyl sites for hydroxylation is 1. The molecule has 0 aromatic carbocycles.